The quantitative estimate of drug-likeness (QED) is 0.850. The van der Waals surface area contributed by atoms with Crippen molar-refractivity contribution in [1.82, 2.24) is 9.80 Å². The van der Waals surface area contributed by atoms with E-state index in [1.165, 1.54) is 6.07 Å². The third-order valence-corrected chi connectivity index (χ3v) is 5.34. The van der Waals surface area contributed by atoms with Crippen LogP contribution in [0.25, 0.3) is 0 Å². The molecule has 2 aliphatic rings. The third kappa shape index (κ3) is 2.99. The van der Waals surface area contributed by atoms with E-state index in [4.69, 9.17) is 11.6 Å². The molecule has 3 nitrogen and oxygen atoms in total. The predicted molar refractivity (Wildman–Crippen MR) is 85.3 cm³/mol. The lowest BCUT2D eigenvalue weighted by Gasteiger charge is -2.34. The maximum atomic E-state index is 14.0. The number of rotatable bonds is 3. The number of benzene rings is 1. The molecular weight excluding hydrogens is 303 g/mol. The van der Waals surface area contributed by atoms with Crippen molar-refractivity contribution in [3.63, 3.8) is 0 Å². The highest BCUT2D eigenvalue weighted by Gasteiger charge is 2.38. The van der Waals surface area contributed by atoms with Gasteiger partial charge >= 0.3 is 0 Å². The molecule has 0 saturated carbocycles. The summed E-state index contributed by atoms with van der Waals surface area (Å²) in [5.74, 6) is -0.0914. The molecule has 2 fully saturated rings. The summed E-state index contributed by atoms with van der Waals surface area (Å²) in [6, 6.07) is 5.43. The van der Waals surface area contributed by atoms with Crippen molar-refractivity contribution in [1.29, 1.82) is 0 Å². The smallest absolute Gasteiger partial charge is 0.219 e. The minimum absolute atomic E-state index is 0.151. The van der Waals surface area contributed by atoms with Crippen LogP contribution in [0.1, 0.15) is 38.2 Å². The van der Waals surface area contributed by atoms with E-state index in [2.05, 4.69) is 4.90 Å². The molecule has 1 aromatic carbocycles. The number of carbonyl (C=O) groups is 1. The van der Waals surface area contributed by atoms with E-state index in [1.54, 1.807) is 19.1 Å². The van der Waals surface area contributed by atoms with Gasteiger partial charge in [-0.25, -0.2) is 4.39 Å². The predicted octanol–water partition coefficient (Wildman–Crippen LogP) is 3.45. The van der Waals surface area contributed by atoms with Crippen LogP contribution in [0, 0.1) is 5.82 Å². The van der Waals surface area contributed by atoms with E-state index in [0.29, 0.717) is 23.2 Å². The van der Waals surface area contributed by atoms with Gasteiger partial charge in [-0.1, -0.05) is 17.7 Å². The molecule has 2 atom stereocenters. The molecular formula is C17H22ClFN2O. The van der Waals surface area contributed by atoms with Gasteiger partial charge in [0.15, 0.2) is 0 Å². The van der Waals surface area contributed by atoms with Crippen molar-refractivity contribution < 1.29 is 9.18 Å². The van der Waals surface area contributed by atoms with Crippen LogP contribution < -0.4 is 0 Å². The first kappa shape index (κ1) is 15.8. The van der Waals surface area contributed by atoms with Crippen LogP contribution in [0.2, 0.25) is 5.02 Å². The highest BCUT2D eigenvalue weighted by molar-refractivity contribution is 6.31. The zero-order chi connectivity index (χ0) is 15.7. The molecule has 1 amide bonds. The highest BCUT2D eigenvalue weighted by Crippen LogP contribution is 2.32. The molecule has 1 aromatic rings. The van der Waals surface area contributed by atoms with Gasteiger partial charge in [-0.2, -0.15) is 0 Å². The number of amides is 1. The summed E-state index contributed by atoms with van der Waals surface area (Å²) >= 11 is 6.16. The molecule has 22 heavy (non-hydrogen) atoms. The summed E-state index contributed by atoms with van der Waals surface area (Å²) < 4.78 is 14.0. The molecule has 0 bridgehead atoms. The second-order valence-electron chi connectivity index (χ2n) is 6.30. The van der Waals surface area contributed by atoms with Gasteiger partial charge in [0.2, 0.25) is 5.91 Å². The van der Waals surface area contributed by atoms with Gasteiger partial charge in [-0.05, 0) is 44.4 Å². The first-order valence-electron chi connectivity index (χ1n) is 8.02. The number of nitrogens with zero attached hydrogens (tertiary/aromatic N) is 2. The summed E-state index contributed by atoms with van der Waals surface area (Å²) in [6.45, 7) is 3.96. The Morgan fingerprint density at radius 2 is 2.00 bits per heavy atom. The van der Waals surface area contributed by atoms with Crippen molar-refractivity contribution in [3.8, 4) is 0 Å². The van der Waals surface area contributed by atoms with Crippen molar-refractivity contribution in [2.75, 3.05) is 13.1 Å². The molecule has 0 aliphatic carbocycles. The Labute approximate surface area is 136 Å². The average molecular weight is 325 g/mol. The molecule has 0 N–H and O–H groups in total. The van der Waals surface area contributed by atoms with E-state index >= 15 is 0 Å². The monoisotopic (exact) mass is 324 g/mol. The Kier molecular flexibility index (Phi) is 4.69. The summed E-state index contributed by atoms with van der Waals surface area (Å²) in [5.41, 5.74) is 0.573. The van der Waals surface area contributed by atoms with Gasteiger partial charge in [0.25, 0.3) is 0 Å². The van der Waals surface area contributed by atoms with Crippen LogP contribution in [0.3, 0.4) is 0 Å². The zero-order valence-electron chi connectivity index (χ0n) is 12.9. The summed E-state index contributed by atoms with van der Waals surface area (Å²) in [6.07, 6.45) is 4.28. The Bertz CT molecular complexity index is 545. The Hall–Kier alpha value is -1.13. The largest absolute Gasteiger partial charge is 0.338 e. The van der Waals surface area contributed by atoms with E-state index in [1.807, 2.05) is 4.90 Å². The van der Waals surface area contributed by atoms with Crippen LogP contribution in [-0.2, 0) is 11.3 Å². The van der Waals surface area contributed by atoms with E-state index in [0.717, 1.165) is 38.8 Å². The molecule has 0 spiro atoms. The van der Waals surface area contributed by atoms with Crippen LogP contribution in [-0.4, -0.2) is 40.9 Å². The molecule has 0 aromatic heterocycles. The van der Waals surface area contributed by atoms with Crippen LogP contribution >= 0.6 is 11.6 Å². The van der Waals surface area contributed by atoms with Crippen molar-refractivity contribution >= 4 is 17.5 Å². The molecule has 5 heteroatoms. The maximum Gasteiger partial charge on any atom is 0.219 e. The highest BCUT2D eigenvalue weighted by atomic mass is 35.5. The van der Waals surface area contributed by atoms with Crippen molar-refractivity contribution in [2.24, 2.45) is 0 Å². The molecule has 0 radical (unpaired) electrons. The second kappa shape index (κ2) is 6.55. The van der Waals surface area contributed by atoms with Crippen molar-refractivity contribution in [3.05, 3.63) is 34.6 Å². The molecule has 0 unspecified atom stereocenters. The number of halogens is 2. The van der Waals surface area contributed by atoms with Gasteiger partial charge in [0.1, 0.15) is 5.82 Å². The standard InChI is InChI=1S/C17H22ClFN2O/c1-12(22)21-10-4-8-17(21)16-7-3-9-20(16)11-13-14(18)5-2-6-15(13)19/h2,5-6,16-17H,3-4,7-11H2,1H3/t16-,17+/m0/s1. The van der Waals surface area contributed by atoms with Crippen LogP contribution in [0.5, 0.6) is 0 Å². The first-order chi connectivity index (χ1) is 10.6. The summed E-state index contributed by atoms with van der Waals surface area (Å²) in [7, 11) is 0. The van der Waals surface area contributed by atoms with E-state index in [9.17, 15) is 9.18 Å². The Balaban J connectivity index is 1.77. The Morgan fingerprint density at radius 3 is 2.73 bits per heavy atom. The topological polar surface area (TPSA) is 23.6 Å². The van der Waals surface area contributed by atoms with Crippen LogP contribution in [0.15, 0.2) is 18.2 Å². The molecule has 2 saturated heterocycles. The van der Waals surface area contributed by atoms with Gasteiger partial charge < -0.3 is 4.90 Å². The van der Waals surface area contributed by atoms with E-state index in [-0.39, 0.29) is 17.8 Å². The minimum atomic E-state index is -0.243. The number of hydrogen-bond acceptors (Lipinski definition) is 2. The maximum absolute atomic E-state index is 14.0. The van der Waals surface area contributed by atoms with Gasteiger partial charge in [0, 0.05) is 42.7 Å². The number of likely N-dealkylation sites (tertiary alicyclic amines) is 2. The van der Waals surface area contributed by atoms with E-state index < -0.39 is 0 Å². The lowest BCUT2D eigenvalue weighted by atomic mass is 10.0. The van der Waals surface area contributed by atoms with Gasteiger partial charge in [0.05, 0.1) is 0 Å². The summed E-state index contributed by atoms with van der Waals surface area (Å²) in [5, 5.41) is 0.487. The first-order valence-corrected chi connectivity index (χ1v) is 8.40. The van der Waals surface area contributed by atoms with Crippen molar-refractivity contribution in [2.45, 2.75) is 51.2 Å². The number of hydrogen-bond donors (Lipinski definition) is 0. The molecule has 3 rings (SSSR count). The lowest BCUT2D eigenvalue weighted by molar-refractivity contribution is -0.130. The fourth-order valence-corrected chi connectivity index (χ4v) is 4.18. The van der Waals surface area contributed by atoms with Crippen LogP contribution in [0.4, 0.5) is 4.39 Å². The summed E-state index contributed by atoms with van der Waals surface area (Å²) in [4.78, 5) is 16.1. The zero-order valence-corrected chi connectivity index (χ0v) is 13.7. The molecule has 120 valence electrons. The molecule has 2 heterocycles. The third-order valence-electron chi connectivity index (χ3n) is 4.98. The van der Waals surface area contributed by atoms with Gasteiger partial charge in [-0.3, -0.25) is 9.69 Å². The minimum Gasteiger partial charge on any atom is -0.338 e. The second-order valence-corrected chi connectivity index (χ2v) is 6.71. The average Bonchev–Trinajstić information content (AvgIpc) is 3.11. The fraction of sp³-hybridized carbons (Fsp3) is 0.588. The molecule has 2 aliphatic heterocycles. The normalized spacial score (nSPS) is 25.9. The number of carbonyl (C=O) groups excluding carboxylic acids is 1. The van der Waals surface area contributed by atoms with Gasteiger partial charge in [-0.15, -0.1) is 0 Å². The lowest BCUT2D eigenvalue weighted by Crippen LogP contribution is -2.47. The fourth-order valence-electron chi connectivity index (χ4n) is 3.95. The SMILES string of the molecule is CC(=O)N1CCC[C@@H]1[C@@H]1CCCN1Cc1c(F)cccc1Cl. The Morgan fingerprint density at radius 1 is 1.27 bits per heavy atom.